The van der Waals surface area contributed by atoms with Gasteiger partial charge in [0.25, 0.3) is 15.8 Å². The Morgan fingerprint density at radius 3 is 2.31 bits per heavy atom. The van der Waals surface area contributed by atoms with Gasteiger partial charge in [0.05, 0.1) is 10.7 Å². The molecule has 0 unspecified atom stereocenters. The summed E-state index contributed by atoms with van der Waals surface area (Å²) < 4.78 is 29.2. The maximum absolute atomic E-state index is 10.4. The highest BCUT2D eigenvalue weighted by molar-refractivity contribution is 7.85. The van der Waals surface area contributed by atoms with Crippen molar-refractivity contribution in [1.29, 1.82) is 0 Å². The second kappa shape index (κ2) is 4.90. The molecule has 0 aliphatic rings. The third-order valence-corrected chi connectivity index (χ3v) is 2.49. The summed E-state index contributed by atoms with van der Waals surface area (Å²) in [6.45, 7) is 0.0383. The highest BCUT2D eigenvalue weighted by Crippen LogP contribution is 2.14. The van der Waals surface area contributed by atoms with Gasteiger partial charge in [-0.15, -0.1) is 0 Å². The van der Waals surface area contributed by atoms with E-state index in [1.807, 2.05) is 0 Å². The molecule has 0 heterocycles. The van der Waals surface area contributed by atoms with Crippen LogP contribution in [0.25, 0.3) is 0 Å². The van der Waals surface area contributed by atoms with Gasteiger partial charge in [0, 0.05) is 24.4 Å². The van der Waals surface area contributed by atoms with Crippen LogP contribution in [0.3, 0.4) is 0 Å². The minimum atomic E-state index is -3.99. The van der Waals surface area contributed by atoms with Gasteiger partial charge in [-0.3, -0.25) is 14.7 Å². The predicted octanol–water partition coefficient (Wildman–Crippen LogP) is 0.894. The lowest BCUT2D eigenvalue weighted by molar-refractivity contribution is -0.384. The van der Waals surface area contributed by atoms with Crippen LogP contribution in [0.2, 0.25) is 0 Å². The quantitative estimate of drug-likeness (QED) is 0.453. The lowest BCUT2D eigenvalue weighted by atomic mass is 10.3. The molecule has 7 nitrogen and oxygen atoms in total. The first kappa shape index (κ1) is 12.4. The first-order valence-corrected chi connectivity index (χ1v) is 5.93. The van der Waals surface area contributed by atoms with E-state index in [-0.39, 0.29) is 12.2 Å². The van der Waals surface area contributed by atoms with Crippen LogP contribution < -0.4 is 5.32 Å². The second-order valence-electron chi connectivity index (χ2n) is 3.02. The molecular weight excluding hydrogens is 236 g/mol. The smallest absolute Gasteiger partial charge is 0.269 e. The molecule has 0 bridgehead atoms. The van der Waals surface area contributed by atoms with Crippen molar-refractivity contribution in [1.82, 2.24) is 0 Å². The van der Waals surface area contributed by atoms with Crippen LogP contribution in [-0.4, -0.2) is 30.2 Å². The Labute approximate surface area is 92.0 Å². The molecule has 0 atom stereocenters. The molecular formula is C8H10N2O5S. The lowest BCUT2D eigenvalue weighted by Gasteiger charge is -2.03. The molecule has 88 valence electrons. The van der Waals surface area contributed by atoms with E-state index in [1.165, 1.54) is 24.3 Å². The van der Waals surface area contributed by atoms with Gasteiger partial charge in [0.2, 0.25) is 0 Å². The van der Waals surface area contributed by atoms with Crippen LogP contribution in [0.1, 0.15) is 0 Å². The summed E-state index contributed by atoms with van der Waals surface area (Å²) >= 11 is 0. The van der Waals surface area contributed by atoms with Crippen LogP contribution in [-0.2, 0) is 10.1 Å². The Bertz CT molecular complexity index is 468. The first-order valence-electron chi connectivity index (χ1n) is 4.32. The highest BCUT2D eigenvalue weighted by atomic mass is 32.2. The summed E-state index contributed by atoms with van der Waals surface area (Å²) in [5.41, 5.74) is 0.509. The van der Waals surface area contributed by atoms with Crippen molar-refractivity contribution in [2.24, 2.45) is 0 Å². The topological polar surface area (TPSA) is 110 Å². The SMILES string of the molecule is O=[N+]([O-])c1ccc(NCCS(=O)(=O)O)cc1. The number of anilines is 1. The Balaban J connectivity index is 2.53. The lowest BCUT2D eigenvalue weighted by Crippen LogP contribution is -2.14. The van der Waals surface area contributed by atoms with Gasteiger partial charge in [0.1, 0.15) is 0 Å². The number of non-ortho nitro benzene ring substituents is 1. The van der Waals surface area contributed by atoms with Gasteiger partial charge in [-0.05, 0) is 12.1 Å². The van der Waals surface area contributed by atoms with E-state index >= 15 is 0 Å². The summed E-state index contributed by atoms with van der Waals surface area (Å²) in [6, 6.07) is 5.52. The van der Waals surface area contributed by atoms with Crippen molar-refractivity contribution in [3.8, 4) is 0 Å². The van der Waals surface area contributed by atoms with Crippen molar-refractivity contribution in [3.05, 3.63) is 34.4 Å². The number of nitrogens with zero attached hydrogens (tertiary/aromatic N) is 1. The van der Waals surface area contributed by atoms with Gasteiger partial charge >= 0.3 is 0 Å². The fourth-order valence-corrected chi connectivity index (χ4v) is 1.39. The number of hydrogen-bond donors (Lipinski definition) is 2. The van der Waals surface area contributed by atoms with Crippen molar-refractivity contribution in [2.45, 2.75) is 0 Å². The van der Waals surface area contributed by atoms with Gasteiger partial charge in [-0.25, -0.2) is 0 Å². The van der Waals surface area contributed by atoms with Crippen LogP contribution in [0.4, 0.5) is 11.4 Å². The monoisotopic (exact) mass is 246 g/mol. The third-order valence-electron chi connectivity index (χ3n) is 1.77. The normalized spacial score (nSPS) is 11.1. The van der Waals surface area contributed by atoms with Crippen LogP contribution in [0.15, 0.2) is 24.3 Å². The summed E-state index contributed by atoms with van der Waals surface area (Å²) in [7, 11) is -3.99. The fraction of sp³-hybridized carbons (Fsp3) is 0.250. The van der Waals surface area contributed by atoms with Crippen molar-refractivity contribution in [3.63, 3.8) is 0 Å². The molecule has 2 N–H and O–H groups in total. The zero-order chi connectivity index (χ0) is 12.2. The van der Waals surface area contributed by atoms with Crippen LogP contribution in [0.5, 0.6) is 0 Å². The molecule has 0 aliphatic heterocycles. The Hall–Kier alpha value is -1.67. The van der Waals surface area contributed by atoms with E-state index < -0.39 is 20.8 Å². The molecule has 0 amide bonds. The van der Waals surface area contributed by atoms with E-state index in [0.29, 0.717) is 5.69 Å². The van der Waals surface area contributed by atoms with Gasteiger partial charge in [-0.2, -0.15) is 8.42 Å². The number of hydrogen-bond acceptors (Lipinski definition) is 5. The molecule has 1 aromatic rings. The van der Waals surface area contributed by atoms with Gasteiger partial charge in [0.15, 0.2) is 0 Å². The molecule has 0 aliphatic carbocycles. The van der Waals surface area contributed by atoms with E-state index in [2.05, 4.69) is 5.32 Å². The number of nitro benzene ring substituents is 1. The summed E-state index contributed by atoms with van der Waals surface area (Å²) in [5.74, 6) is -0.413. The van der Waals surface area contributed by atoms with E-state index in [0.717, 1.165) is 0 Å². The van der Waals surface area contributed by atoms with Crippen molar-refractivity contribution < 1.29 is 17.9 Å². The average molecular weight is 246 g/mol. The Morgan fingerprint density at radius 1 is 1.31 bits per heavy atom. The molecule has 0 spiro atoms. The zero-order valence-corrected chi connectivity index (χ0v) is 8.98. The standard InChI is InChI=1S/C8H10N2O5S/c11-10(12)8-3-1-7(2-4-8)9-5-6-16(13,14)15/h1-4,9H,5-6H2,(H,13,14,15). The maximum Gasteiger partial charge on any atom is 0.269 e. The Morgan fingerprint density at radius 2 is 1.88 bits per heavy atom. The summed E-state index contributed by atoms with van der Waals surface area (Å²) in [4.78, 5) is 9.80. The van der Waals surface area contributed by atoms with Gasteiger partial charge in [-0.1, -0.05) is 0 Å². The van der Waals surface area contributed by atoms with Crippen molar-refractivity contribution >= 4 is 21.5 Å². The van der Waals surface area contributed by atoms with Crippen molar-refractivity contribution in [2.75, 3.05) is 17.6 Å². The Kier molecular flexibility index (Phi) is 3.80. The molecule has 0 fully saturated rings. The van der Waals surface area contributed by atoms with Crippen LogP contribution in [0, 0.1) is 10.1 Å². The zero-order valence-electron chi connectivity index (χ0n) is 8.16. The fourth-order valence-electron chi connectivity index (χ4n) is 1.03. The van der Waals surface area contributed by atoms with Crippen LogP contribution >= 0.6 is 0 Å². The number of benzene rings is 1. The third kappa shape index (κ3) is 4.24. The highest BCUT2D eigenvalue weighted by Gasteiger charge is 2.05. The van der Waals surface area contributed by atoms with Gasteiger partial charge < -0.3 is 5.32 Å². The first-order chi connectivity index (χ1) is 7.38. The molecule has 16 heavy (non-hydrogen) atoms. The van der Waals surface area contributed by atoms with E-state index in [9.17, 15) is 18.5 Å². The molecule has 1 rings (SSSR count). The number of rotatable bonds is 5. The number of nitrogens with one attached hydrogen (secondary N) is 1. The second-order valence-corrected chi connectivity index (χ2v) is 4.59. The number of nitro groups is 1. The van der Waals surface area contributed by atoms with E-state index in [4.69, 9.17) is 4.55 Å². The average Bonchev–Trinajstić information content (AvgIpc) is 2.16. The molecule has 0 aromatic heterocycles. The molecule has 0 radical (unpaired) electrons. The molecule has 0 saturated carbocycles. The molecule has 0 saturated heterocycles. The molecule has 1 aromatic carbocycles. The minimum absolute atomic E-state index is 0.0383. The summed E-state index contributed by atoms with van der Waals surface area (Å²) in [5, 5.41) is 13.0. The van der Waals surface area contributed by atoms with E-state index in [1.54, 1.807) is 0 Å². The maximum atomic E-state index is 10.4. The minimum Gasteiger partial charge on any atom is -0.384 e. The largest absolute Gasteiger partial charge is 0.384 e. The predicted molar refractivity (Wildman–Crippen MR) is 58.0 cm³/mol. The summed E-state index contributed by atoms with van der Waals surface area (Å²) in [6.07, 6.45) is 0. The molecule has 8 heteroatoms.